The minimum absolute atomic E-state index is 0.382. The summed E-state index contributed by atoms with van der Waals surface area (Å²) in [6, 6.07) is 2.52. The Kier molecular flexibility index (Phi) is 3.59. The number of nitrogens with zero attached hydrogens (tertiary/aromatic N) is 1. The molecule has 0 aliphatic heterocycles. The van der Waals surface area contributed by atoms with E-state index in [-0.39, 0.29) is 0 Å². The van der Waals surface area contributed by atoms with Gasteiger partial charge in [-0.15, -0.1) is 0 Å². The number of aromatic amines is 1. The highest BCUT2D eigenvalue weighted by Crippen LogP contribution is 2.22. The molecule has 1 aliphatic rings. The number of aromatic nitrogens is 2. The van der Waals surface area contributed by atoms with Gasteiger partial charge in [0.2, 0.25) is 0 Å². The summed E-state index contributed by atoms with van der Waals surface area (Å²) in [6.07, 6.45) is 5.20. The number of hydrogen-bond acceptors (Lipinski definition) is 3. The van der Waals surface area contributed by atoms with Crippen molar-refractivity contribution < 1.29 is 0 Å². The van der Waals surface area contributed by atoms with Crippen molar-refractivity contribution in [3.63, 3.8) is 0 Å². The zero-order chi connectivity index (χ0) is 11.5. The van der Waals surface area contributed by atoms with E-state index in [1.54, 1.807) is 0 Å². The fourth-order valence-electron chi connectivity index (χ4n) is 2.12. The van der Waals surface area contributed by atoms with Crippen LogP contribution in [0.2, 0.25) is 0 Å². The first-order valence-electron chi connectivity index (χ1n) is 6.03. The molecule has 2 N–H and O–H groups in total. The highest BCUT2D eigenvalue weighted by Gasteiger charge is 2.15. The highest BCUT2D eigenvalue weighted by molar-refractivity contribution is 7.71. The number of nitrogens with one attached hydrogen (secondary N) is 2. The molecule has 3 nitrogen and oxygen atoms in total. The van der Waals surface area contributed by atoms with Crippen LogP contribution in [-0.4, -0.2) is 16.0 Å². The third-order valence-electron chi connectivity index (χ3n) is 3.02. The lowest BCUT2D eigenvalue weighted by Gasteiger charge is -2.15. The standard InChI is InChI=1S/C12H19N3S/c1-8(2)12-14-10(7-11(16)15-12)13-9-5-3-4-6-9/h7-9H,3-6H2,1-2H3,(H2,13,14,15,16). The van der Waals surface area contributed by atoms with Gasteiger partial charge in [-0.25, -0.2) is 4.98 Å². The van der Waals surface area contributed by atoms with Crippen LogP contribution in [-0.2, 0) is 0 Å². The van der Waals surface area contributed by atoms with Crippen molar-refractivity contribution in [2.24, 2.45) is 0 Å². The molecule has 0 bridgehead atoms. The lowest BCUT2D eigenvalue weighted by Crippen LogP contribution is -2.16. The Morgan fingerprint density at radius 2 is 2.12 bits per heavy atom. The Hall–Kier alpha value is -0.900. The maximum absolute atomic E-state index is 5.18. The summed E-state index contributed by atoms with van der Waals surface area (Å²) in [5.41, 5.74) is 0. The molecule has 0 spiro atoms. The van der Waals surface area contributed by atoms with Crippen molar-refractivity contribution in [2.45, 2.75) is 51.5 Å². The van der Waals surface area contributed by atoms with Crippen LogP contribution in [0.1, 0.15) is 51.3 Å². The summed E-state index contributed by atoms with van der Waals surface area (Å²) in [7, 11) is 0. The minimum Gasteiger partial charge on any atom is -0.369 e. The first-order chi connectivity index (χ1) is 7.65. The van der Waals surface area contributed by atoms with Crippen molar-refractivity contribution in [1.29, 1.82) is 0 Å². The molecule has 0 unspecified atom stereocenters. The van der Waals surface area contributed by atoms with Crippen LogP contribution >= 0.6 is 12.2 Å². The molecule has 0 radical (unpaired) electrons. The van der Waals surface area contributed by atoms with Gasteiger partial charge in [0.1, 0.15) is 16.3 Å². The van der Waals surface area contributed by atoms with Gasteiger partial charge in [-0.05, 0) is 12.8 Å². The number of H-pyrrole nitrogens is 1. The molecular weight excluding hydrogens is 218 g/mol. The Bertz CT molecular complexity index is 405. The second kappa shape index (κ2) is 4.95. The quantitative estimate of drug-likeness (QED) is 0.789. The van der Waals surface area contributed by atoms with Crippen molar-refractivity contribution in [3.8, 4) is 0 Å². The maximum atomic E-state index is 5.18. The monoisotopic (exact) mass is 237 g/mol. The van der Waals surface area contributed by atoms with E-state index < -0.39 is 0 Å². The van der Waals surface area contributed by atoms with E-state index in [1.807, 2.05) is 6.07 Å². The average molecular weight is 237 g/mol. The highest BCUT2D eigenvalue weighted by atomic mass is 32.1. The van der Waals surface area contributed by atoms with Gasteiger partial charge in [0.15, 0.2) is 0 Å². The second-order valence-corrected chi connectivity index (χ2v) is 5.22. The van der Waals surface area contributed by atoms with E-state index in [0.29, 0.717) is 16.6 Å². The summed E-state index contributed by atoms with van der Waals surface area (Å²) in [6.45, 7) is 4.24. The molecule has 16 heavy (non-hydrogen) atoms. The molecular formula is C12H19N3S. The molecule has 0 atom stereocenters. The molecule has 1 saturated carbocycles. The Labute approximate surface area is 102 Å². The number of rotatable bonds is 3. The van der Waals surface area contributed by atoms with Crippen molar-refractivity contribution in [2.75, 3.05) is 5.32 Å². The van der Waals surface area contributed by atoms with E-state index in [9.17, 15) is 0 Å². The topological polar surface area (TPSA) is 40.7 Å². The van der Waals surface area contributed by atoms with Crippen molar-refractivity contribution >= 4 is 18.0 Å². The van der Waals surface area contributed by atoms with Crippen LogP contribution in [0.3, 0.4) is 0 Å². The Morgan fingerprint density at radius 3 is 2.75 bits per heavy atom. The molecule has 1 heterocycles. The zero-order valence-corrected chi connectivity index (χ0v) is 10.7. The normalized spacial score (nSPS) is 16.9. The minimum atomic E-state index is 0.382. The number of anilines is 1. The summed E-state index contributed by atoms with van der Waals surface area (Å²) in [5, 5.41) is 3.51. The van der Waals surface area contributed by atoms with Gasteiger partial charge in [-0.1, -0.05) is 38.9 Å². The molecule has 1 aromatic rings. The van der Waals surface area contributed by atoms with Gasteiger partial charge in [-0.3, -0.25) is 0 Å². The first-order valence-corrected chi connectivity index (χ1v) is 6.44. The van der Waals surface area contributed by atoms with E-state index >= 15 is 0 Å². The van der Waals surface area contributed by atoms with Gasteiger partial charge < -0.3 is 10.3 Å². The van der Waals surface area contributed by atoms with E-state index in [2.05, 4.69) is 29.1 Å². The molecule has 1 aliphatic carbocycles. The average Bonchev–Trinajstić information content (AvgIpc) is 2.69. The predicted molar refractivity (Wildman–Crippen MR) is 69.4 cm³/mol. The molecule has 2 rings (SSSR count). The van der Waals surface area contributed by atoms with Gasteiger partial charge in [-0.2, -0.15) is 0 Å². The smallest absolute Gasteiger partial charge is 0.131 e. The molecule has 4 heteroatoms. The van der Waals surface area contributed by atoms with Crippen LogP contribution in [0, 0.1) is 4.64 Å². The lowest BCUT2D eigenvalue weighted by molar-refractivity contribution is 0.733. The summed E-state index contributed by atoms with van der Waals surface area (Å²) in [5.74, 6) is 2.37. The summed E-state index contributed by atoms with van der Waals surface area (Å²) < 4.78 is 0.669. The first kappa shape index (κ1) is 11.6. The van der Waals surface area contributed by atoms with Crippen LogP contribution in [0.5, 0.6) is 0 Å². The van der Waals surface area contributed by atoms with Gasteiger partial charge in [0.05, 0.1) is 0 Å². The fourth-order valence-corrected chi connectivity index (χ4v) is 2.33. The van der Waals surface area contributed by atoms with E-state index in [4.69, 9.17) is 12.2 Å². The Morgan fingerprint density at radius 1 is 1.44 bits per heavy atom. The van der Waals surface area contributed by atoms with Crippen LogP contribution in [0.15, 0.2) is 6.07 Å². The third kappa shape index (κ3) is 2.82. The van der Waals surface area contributed by atoms with Gasteiger partial charge in [0.25, 0.3) is 0 Å². The molecule has 0 aromatic carbocycles. The molecule has 0 saturated heterocycles. The zero-order valence-electron chi connectivity index (χ0n) is 9.92. The largest absolute Gasteiger partial charge is 0.369 e. The van der Waals surface area contributed by atoms with Crippen LogP contribution in [0.25, 0.3) is 0 Å². The SMILES string of the molecule is CC(C)c1nc(=S)cc(NC2CCCC2)[nH]1. The molecule has 0 amide bonds. The second-order valence-electron chi connectivity index (χ2n) is 4.80. The fraction of sp³-hybridized carbons (Fsp3) is 0.667. The van der Waals surface area contributed by atoms with Gasteiger partial charge in [0, 0.05) is 18.0 Å². The number of hydrogen-bond donors (Lipinski definition) is 2. The van der Waals surface area contributed by atoms with Gasteiger partial charge >= 0.3 is 0 Å². The Balaban J connectivity index is 2.16. The predicted octanol–water partition coefficient (Wildman–Crippen LogP) is 3.62. The van der Waals surface area contributed by atoms with E-state index in [0.717, 1.165) is 11.6 Å². The van der Waals surface area contributed by atoms with E-state index in [1.165, 1.54) is 25.7 Å². The lowest BCUT2D eigenvalue weighted by atomic mass is 10.2. The van der Waals surface area contributed by atoms with Crippen molar-refractivity contribution in [1.82, 2.24) is 9.97 Å². The summed E-state index contributed by atoms with van der Waals surface area (Å²) in [4.78, 5) is 7.65. The third-order valence-corrected chi connectivity index (χ3v) is 3.23. The molecule has 88 valence electrons. The maximum Gasteiger partial charge on any atom is 0.131 e. The van der Waals surface area contributed by atoms with Crippen LogP contribution in [0.4, 0.5) is 5.82 Å². The molecule has 1 aromatic heterocycles. The van der Waals surface area contributed by atoms with Crippen LogP contribution < -0.4 is 5.32 Å². The summed E-state index contributed by atoms with van der Waals surface area (Å²) >= 11 is 5.18. The van der Waals surface area contributed by atoms with Crippen molar-refractivity contribution in [3.05, 3.63) is 16.5 Å². The molecule has 1 fully saturated rings.